The molecule has 1 aliphatic rings. The number of carbonyl (C=O) groups excluding carboxylic acids is 3. The number of hydrogen-bond donors (Lipinski definition) is 3. The highest BCUT2D eigenvalue weighted by Gasteiger charge is 2.42. The number of halogens is 4. The molecule has 16 heteroatoms. The number of nitrogens with one attached hydrogen (secondary N) is 3. The largest absolute Gasteiger partial charge is 0.382 e. The van der Waals surface area contributed by atoms with Gasteiger partial charge in [0.2, 0.25) is 0 Å². The van der Waals surface area contributed by atoms with Crippen LogP contribution in [0.4, 0.5) is 23.8 Å². The Morgan fingerprint density at radius 2 is 2.02 bits per heavy atom. The number of hydrogen-bond acceptors (Lipinski definition) is 8. The summed E-state index contributed by atoms with van der Waals surface area (Å²) in [4.78, 5) is 43.6. The van der Waals surface area contributed by atoms with E-state index < -0.39 is 54.8 Å². The number of aromatic nitrogens is 3. The molecule has 0 unspecified atom stereocenters. The molecule has 2 atom stereocenters. The average Bonchev–Trinajstić information content (AvgIpc) is 3.35. The van der Waals surface area contributed by atoms with Gasteiger partial charge in [-0.05, 0) is 47.5 Å². The molecule has 1 saturated heterocycles. The Morgan fingerprint density at radius 3 is 2.70 bits per heavy atom. The van der Waals surface area contributed by atoms with E-state index in [9.17, 15) is 27.6 Å². The number of aryl methyl sites for hydroxylation is 1. The first kappa shape index (κ1) is 28.8. The molecule has 0 spiro atoms. The molecule has 3 heterocycles. The maximum Gasteiger partial charge on any atom is 0.318 e. The summed E-state index contributed by atoms with van der Waals surface area (Å²) in [5.41, 5.74) is 0.464. The highest BCUT2D eigenvalue weighted by atomic mass is 35.5. The Bertz CT molecular complexity index is 1420. The van der Waals surface area contributed by atoms with Crippen molar-refractivity contribution in [2.75, 3.05) is 32.1 Å². The Morgan fingerprint density at radius 1 is 1.25 bits per heavy atom. The van der Waals surface area contributed by atoms with Gasteiger partial charge in [0.25, 0.3) is 17.7 Å². The Kier molecular flexibility index (Phi) is 8.54. The topological polar surface area (TPSA) is 152 Å². The number of urea groups is 1. The summed E-state index contributed by atoms with van der Waals surface area (Å²) in [6, 6.07) is 3.26. The molecule has 0 radical (unpaired) electrons. The lowest BCUT2D eigenvalue weighted by Gasteiger charge is -2.38. The van der Waals surface area contributed by atoms with Gasteiger partial charge < -0.3 is 25.6 Å². The van der Waals surface area contributed by atoms with Crippen molar-refractivity contribution in [3.05, 3.63) is 69.9 Å². The normalized spacial score (nSPS) is 16.1. The molecule has 3 aromatic rings. The third-order valence-electron chi connectivity index (χ3n) is 5.96. The number of carbonyl (C=O) groups is 3. The molecule has 0 bridgehead atoms. The predicted molar refractivity (Wildman–Crippen MR) is 133 cm³/mol. The lowest BCUT2D eigenvalue weighted by molar-refractivity contribution is -0.118. The van der Waals surface area contributed by atoms with Crippen LogP contribution in [0, 0.1) is 12.7 Å². The summed E-state index contributed by atoms with van der Waals surface area (Å²) < 4.78 is 51.7. The van der Waals surface area contributed by atoms with E-state index in [2.05, 4.69) is 35.9 Å². The van der Waals surface area contributed by atoms with Gasteiger partial charge in [0, 0.05) is 13.3 Å². The molecular weight excluding hydrogens is 559 g/mol. The molecule has 12 nitrogen and oxygen atoms in total. The zero-order valence-electron chi connectivity index (χ0n) is 21.1. The van der Waals surface area contributed by atoms with Crippen molar-refractivity contribution in [2.45, 2.75) is 24.9 Å². The van der Waals surface area contributed by atoms with E-state index in [0.717, 1.165) is 11.0 Å². The van der Waals surface area contributed by atoms with Crippen LogP contribution in [0.25, 0.3) is 0 Å². The zero-order chi connectivity index (χ0) is 29.0. The summed E-state index contributed by atoms with van der Waals surface area (Å²) in [6.07, 6.45) is 1.31. The van der Waals surface area contributed by atoms with Gasteiger partial charge in [0.1, 0.15) is 23.4 Å². The van der Waals surface area contributed by atoms with Gasteiger partial charge in [-0.25, -0.2) is 27.6 Å². The van der Waals surface area contributed by atoms with Crippen molar-refractivity contribution in [3.8, 4) is 0 Å². The molecule has 2 aromatic heterocycles. The maximum absolute atomic E-state index is 14.1. The van der Waals surface area contributed by atoms with E-state index in [0.29, 0.717) is 5.56 Å². The second kappa shape index (κ2) is 11.9. The minimum absolute atomic E-state index is 0.0282. The van der Waals surface area contributed by atoms with Crippen molar-refractivity contribution >= 4 is 35.3 Å². The Balaban J connectivity index is 1.61. The number of nitrogens with zero attached hydrogens (tertiary/aromatic N) is 4. The van der Waals surface area contributed by atoms with Crippen LogP contribution in [0.5, 0.6) is 0 Å². The van der Waals surface area contributed by atoms with Crippen LogP contribution < -0.4 is 16.0 Å². The Labute approximate surface area is 230 Å². The number of benzene rings is 1. The van der Waals surface area contributed by atoms with E-state index in [4.69, 9.17) is 16.3 Å². The third kappa shape index (κ3) is 6.48. The van der Waals surface area contributed by atoms with Gasteiger partial charge in [0.05, 0.1) is 30.8 Å². The third-order valence-corrected chi connectivity index (χ3v) is 6.25. The molecule has 1 fully saturated rings. The van der Waals surface area contributed by atoms with Gasteiger partial charge in [-0.3, -0.25) is 9.59 Å². The predicted octanol–water partition coefficient (Wildman–Crippen LogP) is 3.02. The average molecular weight is 582 g/mol. The molecular formula is C24H23ClF3N7O5. The molecule has 0 aliphatic carbocycles. The summed E-state index contributed by atoms with van der Waals surface area (Å²) in [7, 11) is 1.35. The lowest BCUT2D eigenvalue weighted by Crippen LogP contribution is -2.58. The van der Waals surface area contributed by atoms with Gasteiger partial charge in [0.15, 0.2) is 5.69 Å². The second-order valence-corrected chi connectivity index (χ2v) is 9.26. The number of methoxy groups -OCH3 is 1. The number of alkyl halides is 2. The SMILES string of the molecule is COC[C@H](c1ccnc(NC(=O)[C@@H](NC(=O)c2nonc2C)c2ccc(F)c(Cl)c2)c1)N1CC(F)(F)CNC1=O. The van der Waals surface area contributed by atoms with Crippen LogP contribution in [0.15, 0.2) is 41.2 Å². The van der Waals surface area contributed by atoms with Crippen LogP contribution in [-0.2, 0) is 9.53 Å². The van der Waals surface area contributed by atoms with E-state index in [1.54, 1.807) is 0 Å². The van der Waals surface area contributed by atoms with E-state index in [-0.39, 0.29) is 34.4 Å². The minimum Gasteiger partial charge on any atom is -0.382 e. The summed E-state index contributed by atoms with van der Waals surface area (Å²) in [6.45, 7) is -0.283. The summed E-state index contributed by atoms with van der Waals surface area (Å²) in [5, 5.41) is 13.9. The first-order valence-corrected chi connectivity index (χ1v) is 12.1. The fraction of sp³-hybridized carbons (Fsp3) is 0.333. The quantitative estimate of drug-likeness (QED) is 0.349. The number of amides is 4. The smallest absolute Gasteiger partial charge is 0.318 e. The van der Waals surface area contributed by atoms with E-state index >= 15 is 0 Å². The summed E-state index contributed by atoms with van der Waals surface area (Å²) in [5.74, 6) is -5.54. The Hall–Kier alpha value is -4.24. The fourth-order valence-corrected chi connectivity index (χ4v) is 4.20. The van der Waals surface area contributed by atoms with Crippen molar-refractivity contribution < 1.29 is 36.9 Å². The standard InChI is InChI=1S/C24H23ClF3N7O5/c1-12-19(34-40-33-12)21(36)32-20(14-3-4-16(26)15(25)7-14)22(37)31-18-8-13(5-6-29-18)17(9-39-2)35-11-24(27,28)10-30-23(35)38/h3-8,17,20H,9-11H2,1-2H3,(H,30,38)(H,32,36)(H,29,31,37)/t17-,20+/m1/s1. The zero-order valence-corrected chi connectivity index (χ0v) is 21.8. The lowest BCUT2D eigenvalue weighted by atomic mass is 10.0. The first-order chi connectivity index (χ1) is 19.0. The monoisotopic (exact) mass is 581 g/mol. The van der Waals surface area contributed by atoms with E-state index in [1.165, 1.54) is 44.5 Å². The van der Waals surface area contributed by atoms with Gasteiger partial charge in [-0.2, -0.15) is 0 Å². The molecule has 4 rings (SSSR count). The number of rotatable bonds is 9. The van der Waals surface area contributed by atoms with E-state index in [1.807, 2.05) is 0 Å². The van der Waals surface area contributed by atoms with Gasteiger partial charge in [-0.1, -0.05) is 22.8 Å². The van der Waals surface area contributed by atoms with Crippen molar-refractivity contribution in [3.63, 3.8) is 0 Å². The maximum atomic E-state index is 14.1. The van der Waals surface area contributed by atoms with Crippen molar-refractivity contribution in [1.82, 2.24) is 30.8 Å². The van der Waals surface area contributed by atoms with Gasteiger partial charge >= 0.3 is 6.03 Å². The number of ether oxygens (including phenoxy) is 1. The number of anilines is 1. The first-order valence-electron chi connectivity index (χ1n) is 11.7. The fourth-order valence-electron chi connectivity index (χ4n) is 4.01. The van der Waals surface area contributed by atoms with Crippen LogP contribution in [-0.4, -0.2) is 70.8 Å². The molecule has 3 N–H and O–H groups in total. The minimum atomic E-state index is -3.16. The molecule has 40 heavy (non-hydrogen) atoms. The second-order valence-electron chi connectivity index (χ2n) is 8.86. The van der Waals surface area contributed by atoms with Gasteiger partial charge in [-0.15, -0.1) is 0 Å². The highest BCUT2D eigenvalue weighted by molar-refractivity contribution is 6.30. The van der Waals surface area contributed by atoms with Crippen molar-refractivity contribution in [1.29, 1.82) is 0 Å². The molecule has 1 aliphatic heterocycles. The van der Waals surface area contributed by atoms with Crippen LogP contribution >= 0.6 is 11.6 Å². The van der Waals surface area contributed by atoms with Crippen LogP contribution in [0.1, 0.15) is 39.4 Å². The molecule has 212 valence electrons. The highest BCUT2D eigenvalue weighted by Crippen LogP contribution is 2.29. The number of pyridine rings is 1. The molecule has 0 saturated carbocycles. The van der Waals surface area contributed by atoms with Crippen molar-refractivity contribution in [2.24, 2.45) is 0 Å². The van der Waals surface area contributed by atoms with Crippen LogP contribution in [0.3, 0.4) is 0 Å². The van der Waals surface area contributed by atoms with Crippen LogP contribution in [0.2, 0.25) is 5.02 Å². The molecule has 1 aromatic carbocycles. The summed E-state index contributed by atoms with van der Waals surface area (Å²) >= 11 is 5.90. The molecule has 4 amide bonds.